The Morgan fingerprint density at radius 1 is 1.07 bits per heavy atom. The fraction of sp³-hybridized carbons (Fsp3) is 0.0476. The first kappa shape index (κ1) is 20.3. The molecular weight excluding hydrogens is 437 g/mol. The zero-order valence-corrected chi connectivity index (χ0v) is 16.6. The monoisotopic (exact) mass is 448 g/mol. The van der Waals surface area contributed by atoms with Crippen molar-refractivity contribution in [2.24, 2.45) is 4.99 Å². The fourth-order valence-corrected chi connectivity index (χ4v) is 3.72. The average molecular weight is 449 g/mol. The van der Waals surface area contributed by atoms with Crippen LogP contribution in [0.4, 0.5) is 18.9 Å². The molecule has 2 heterocycles. The lowest BCUT2D eigenvalue weighted by atomic mass is 10.2. The van der Waals surface area contributed by atoms with E-state index in [1.54, 1.807) is 36.4 Å². The molecular formula is C21H12ClF3N2O2S. The SMILES string of the molecule is O=C1NC(=Nc2cccc(C(F)(F)F)c2)SC1=Cc1ccc(-c2cccc(Cl)c2)o1. The third kappa shape index (κ3) is 4.60. The van der Waals surface area contributed by atoms with E-state index in [4.69, 9.17) is 16.0 Å². The minimum absolute atomic E-state index is 0.0927. The van der Waals surface area contributed by atoms with Gasteiger partial charge in [0.25, 0.3) is 5.91 Å². The summed E-state index contributed by atoms with van der Waals surface area (Å²) in [6.07, 6.45) is -2.92. The average Bonchev–Trinajstić information content (AvgIpc) is 3.28. The lowest BCUT2D eigenvalue weighted by Gasteiger charge is -2.06. The normalized spacial score (nSPS) is 17.0. The van der Waals surface area contributed by atoms with E-state index in [0.29, 0.717) is 21.4 Å². The molecule has 0 saturated carbocycles. The van der Waals surface area contributed by atoms with E-state index < -0.39 is 17.6 Å². The molecule has 1 saturated heterocycles. The number of thioether (sulfide) groups is 1. The van der Waals surface area contributed by atoms with Crippen LogP contribution in [-0.4, -0.2) is 11.1 Å². The van der Waals surface area contributed by atoms with Gasteiger partial charge in [-0.1, -0.05) is 29.8 Å². The first-order valence-corrected chi connectivity index (χ1v) is 9.80. The van der Waals surface area contributed by atoms with Gasteiger partial charge in [-0.25, -0.2) is 4.99 Å². The van der Waals surface area contributed by atoms with E-state index in [1.807, 2.05) is 6.07 Å². The Balaban J connectivity index is 1.54. The second-order valence-electron chi connectivity index (χ2n) is 6.24. The van der Waals surface area contributed by atoms with E-state index in [0.717, 1.165) is 29.5 Å². The number of alkyl halides is 3. The van der Waals surface area contributed by atoms with Crippen molar-refractivity contribution in [2.75, 3.05) is 0 Å². The van der Waals surface area contributed by atoms with Gasteiger partial charge in [-0.3, -0.25) is 4.79 Å². The highest BCUT2D eigenvalue weighted by molar-refractivity contribution is 8.18. The van der Waals surface area contributed by atoms with Crippen molar-refractivity contribution in [3.05, 3.63) is 81.9 Å². The van der Waals surface area contributed by atoms with Crippen LogP contribution in [0.25, 0.3) is 17.4 Å². The van der Waals surface area contributed by atoms with Gasteiger partial charge in [0.1, 0.15) is 11.5 Å². The third-order valence-corrected chi connectivity index (χ3v) is 5.21. The number of rotatable bonds is 3. The molecule has 9 heteroatoms. The molecule has 0 unspecified atom stereocenters. The maximum absolute atomic E-state index is 12.8. The van der Waals surface area contributed by atoms with Crippen molar-refractivity contribution in [1.82, 2.24) is 5.32 Å². The summed E-state index contributed by atoms with van der Waals surface area (Å²) in [5, 5.41) is 3.30. The number of nitrogens with one attached hydrogen (secondary N) is 1. The van der Waals surface area contributed by atoms with Crippen molar-refractivity contribution < 1.29 is 22.4 Å². The molecule has 3 aromatic rings. The quantitative estimate of drug-likeness (QED) is 0.465. The van der Waals surface area contributed by atoms with Crippen LogP contribution in [0.5, 0.6) is 0 Å². The summed E-state index contributed by atoms with van der Waals surface area (Å²) in [6, 6.07) is 15.2. The van der Waals surface area contributed by atoms with Crippen LogP contribution >= 0.6 is 23.4 Å². The summed E-state index contributed by atoms with van der Waals surface area (Å²) in [7, 11) is 0. The Kier molecular flexibility index (Phi) is 5.44. The molecule has 0 spiro atoms. The van der Waals surface area contributed by atoms with Crippen molar-refractivity contribution in [3.63, 3.8) is 0 Å². The van der Waals surface area contributed by atoms with Gasteiger partial charge in [-0.05, 0) is 54.2 Å². The molecule has 1 aliphatic rings. The number of benzene rings is 2. The zero-order valence-electron chi connectivity index (χ0n) is 15.0. The van der Waals surface area contributed by atoms with Crippen molar-refractivity contribution >= 4 is 46.2 Å². The van der Waals surface area contributed by atoms with Crippen LogP contribution in [0.3, 0.4) is 0 Å². The minimum Gasteiger partial charge on any atom is -0.457 e. The van der Waals surface area contributed by atoms with Gasteiger partial charge < -0.3 is 9.73 Å². The number of furan rings is 1. The molecule has 0 bridgehead atoms. The molecule has 0 radical (unpaired) electrons. The Morgan fingerprint density at radius 2 is 1.87 bits per heavy atom. The topological polar surface area (TPSA) is 54.6 Å². The Labute approximate surface area is 178 Å². The lowest BCUT2D eigenvalue weighted by molar-refractivity contribution is -0.137. The molecule has 30 heavy (non-hydrogen) atoms. The first-order valence-electron chi connectivity index (χ1n) is 8.60. The number of carbonyl (C=O) groups is 1. The van der Waals surface area contributed by atoms with Crippen LogP contribution in [-0.2, 0) is 11.0 Å². The summed E-state index contributed by atoms with van der Waals surface area (Å²) >= 11 is 7.01. The zero-order chi connectivity index (χ0) is 21.3. The maximum atomic E-state index is 12.8. The highest BCUT2D eigenvalue weighted by Gasteiger charge is 2.30. The molecule has 2 aromatic carbocycles. The minimum atomic E-state index is -4.46. The van der Waals surface area contributed by atoms with Gasteiger partial charge in [0.2, 0.25) is 0 Å². The van der Waals surface area contributed by atoms with Crippen LogP contribution in [0.1, 0.15) is 11.3 Å². The number of hydrogen-bond donors (Lipinski definition) is 1. The van der Waals surface area contributed by atoms with E-state index in [9.17, 15) is 18.0 Å². The van der Waals surface area contributed by atoms with Gasteiger partial charge in [-0.2, -0.15) is 13.2 Å². The molecule has 1 fully saturated rings. The van der Waals surface area contributed by atoms with Crippen molar-refractivity contribution in [2.45, 2.75) is 6.18 Å². The van der Waals surface area contributed by atoms with E-state index in [1.165, 1.54) is 12.1 Å². The largest absolute Gasteiger partial charge is 0.457 e. The molecule has 1 N–H and O–H groups in total. The third-order valence-electron chi connectivity index (χ3n) is 4.06. The molecule has 1 aliphatic heterocycles. The highest BCUT2D eigenvalue weighted by atomic mass is 35.5. The second-order valence-corrected chi connectivity index (χ2v) is 7.71. The van der Waals surface area contributed by atoms with Gasteiger partial charge in [0.05, 0.1) is 16.2 Å². The first-order chi connectivity index (χ1) is 14.3. The Bertz CT molecular complexity index is 1180. The Morgan fingerprint density at radius 3 is 2.63 bits per heavy atom. The van der Waals surface area contributed by atoms with Crippen molar-refractivity contribution in [1.29, 1.82) is 0 Å². The standard InChI is InChI=1S/C21H12ClF3N2O2S/c22-14-5-1-3-12(9-14)17-8-7-16(29-17)11-18-19(28)27-20(30-18)26-15-6-2-4-13(10-15)21(23,24)25/h1-11H,(H,26,27,28). The maximum Gasteiger partial charge on any atom is 0.416 e. The van der Waals surface area contributed by atoms with Crippen LogP contribution in [0.2, 0.25) is 5.02 Å². The fourth-order valence-electron chi connectivity index (χ4n) is 2.71. The van der Waals surface area contributed by atoms with Gasteiger partial charge >= 0.3 is 6.18 Å². The summed E-state index contributed by atoms with van der Waals surface area (Å²) in [5.41, 5.74) is 0.0798. The summed E-state index contributed by atoms with van der Waals surface area (Å²) in [6.45, 7) is 0. The number of aliphatic imine (C=N–C) groups is 1. The number of carbonyl (C=O) groups excluding carboxylic acids is 1. The summed E-state index contributed by atoms with van der Waals surface area (Å²) < 4.78 is 44.3. The predicted octanol–water partition coefficient (Wildman–Crippen LogP) is 6.51. The molecule has 4 rings (SSSR count). The van der Waals surface area contributed by atoms with Crippen LogP contribution in [0.15, 0.2) is 75.0 Å². The summed E-state index contributed by atoms with van der Waals surface area (Å²) in [4.78, 5) is 16.6. The highest BCUT2D eigenvalue weighted by Crippen LogP contribution is 2.33. The van der Waals surface area contributed by atoms with Gasteiger partial charge in [-0.15, -0.1) is 0 Å². The molecule has 1 aromatic heterocycles. The molecule has 0 aliphatic carbocycles. The van der Waals surface area contributed by atoms with Gasteiger partial charge in [0.15, 0.2) is 5.17 Å². The molecule has 1 amide bonds. The number of amidine groups is 1. The van der Waals surface area contributed by atoms with E-state index in [2.05, 4.69) is 10.3 Å². The predicted molar refractivity (Wildman–Crippen MR) is 111 cm³/mol. The van der Waals surface area contributed by atoms with Crippen LogP contribution < -0.4 is 5.32 Å². The molecule has 4 nitrogen and oxygen atoms in total. The van der Waals surface area contributed by atoms with Crippen molar-refractivity contribution in [3.8, 4) is 11.3 Å². The second kappa shape index (κ2) is 8.04. The smallest absolute Gasteiger partial charge is 0.416 e. The molecule has 152 valence electrons. The summed E-state index contributed by atoms with van der Waals surface area (Å²) in [5.74, 6) is 0.625. The van der Waals surface area contributed by atoms with E-state index in [-0.39, 0.29) is 10.9 Å². The number of nitrogens with zero attached hydrogens (tertiary/aromatic N) is 1. The van der Waals surface area contributed by atoms with Gasteiger partial charge in [0, 0.05) is 16.7 Å². The van der Waals surface area contributed by atoms with Crippen LogP contribution in [0, 0.1) is 0 Å². The number of halogens is 4. The Hall–Kier alpha value is -2.97. The number of amides is 1. The van der Waals surface area contributed by atoms with E-state index >= 15 is 0 Å². The lowest BCUT2D eigenvalue weighted by Crippen LogP contribution is -2.19. The molecule has 0 atom stereocenters. The number of hydrogen-bond acceptors (Lipinski definition) is 4.